The standard InChI is InChI=1S/C15H17N3O2S/c19-8-14(20)17-12-3-1-2-11(6-12)16-7-13-9-21-15(18-13)10-4-5-10/h1-3,6,9-10,16,19H,4-5,7-8H2,(H,17,20). The minimum atomic E-state index is -0.513. The van der Waals surface area contributed by atoms with Crippen molar-refractivity contribution in [3.8, 4) is 0 Å². The van der Waals surface area contributed by atoms with E-state index in [2.05, 4.69) is 21.0 Å². The van der Waals surface area contributed by atoms with Crippen molar-refractivity contribution in [1.29, 1.82) is 0 Å². The number of anilines is 2. The highest BCUT2D eigenvalue weighted by atomic mass is 32.1. The number of carbonyl (C=O) groups is 1. The molecule has 3 rings (SSSR count). The predicted molar refractivity (Wildman–Crippen MR) is 83.6 cm³/mol. The molecule has 1 heterocycles. The lowest BCUT2D eigenvalue weighted by molar-refractivity contribution is -0.118. The van der Waals surface area contributed by atoms with E-state index in [1.165, 1.54) is 17.8 Å². The van der Waals surface area contributed by atoms with Crippen molar-refractivity contribution in [3.05, 3.63) is 40.3 Å². The highest BCUT2D eigenvalue weighted by Gasteiger charge is 2.26. The van der Waals surface area contributed by atoms with Crippen molar-refractivity contribution < 1.29 is 9.90 Å². The third kappa shape index (κ3) is 3.80. The minimum Gasteiger partial charge on any atom is -0.387 e. The normalized spacial score (nSPS) is 14.0. The van der Waals surface area contributed by atoms with Crippen molar-refractivity contribution in [3.63, 3.8) is 0 Å². The van der Waals surface area contributed by atoms with Crippen LogP contribution in [0.4, 0.5) is 11.4 Å². The van der Waals surface area contributed by atoms with E-state index in [-0.39, 0.29) is 0 Å². The fourth-order valence-corrected chi connectivity index (χ4v) is 3.01. The predicted octanol–water partition coefficient (Wildman–Crippen LogP) is 2.56. The molecule has 0 aliphatic heterocycles. The average Bonchev–Trinajstić information content (AvgIpc) is 3.24. The summed E-state index contributed by atoms with van der Waals surface area (Å²) in [5.74, 6) is 0.279. The van der Waals surface area contributed by atoms with E-state index in [0.29, 0.717) is 18.2 Å². The molecule has 0 spiro atoms. The van der Waals surface area contributed by atoms with Gasteiger partial charge in [0.1, 0.15) is 6.61 Å². The van der Waals surface area contributed by atoms with Gasteiger partial charge in [0.2, 0.25) is 5.91 Å². The first kappa shape index (κ1) is 14.0. The SMILES string of the molecule is O=C(CO)Nc1cccc(NCc2csc(C3CC3)n2)c1. The number of aliphatic hydroxyl groups is 1. The number of carbonyl (C=O) groups excluding carboxylic acids is 1. The van der Waals surface area contributed by atoms with Crippen LogP contribution in [0.2, 0.25) is 0 Å². The summed E-state index contributed by atoms with van der Waals surface area (Å²) in [7, 11) is 0. The molecule has 0 bridgehead atoms. The number of benzene rings is 1. The number of rotatable bonds is 6. The van der Waals surface area contributed by atoms with Crippen molar-refractivity contribution >= 4 is 28.6 Å². The maximum atomic E-state index is 11.2. The summed E-state index contributed by atoms with van der Waals surface area (Å²) in [6, 6.07) is 7.41. The van der Waals surface area contributed by atoms with Crippen LogP contribution in [-0.4, -0.2) is 22.6 Å². The van der Waals surface area contributed by atoms with Gasteiger partial charge in [-0.1, -0.05) is 6.07 Å². The summed E-state index contributed by atoms with van der Waals surface area (Å²) in [6.45, 7) is 0.154. The van der Waals surface area contributed by atoms with E-state index in [1.807, 2.05) is 18.2 Å². The van der Waals surface area contributed by atoms with E-state index in [4.69, 9.17) is 5.11 Å². The van der Waals surface area contributed by atoms with Gasteiger partial charge in [-0.25, -0.2) is 4.98 Å². The van der Waals surface area contributed by atoms with Gasteiger partial charge in [-0.3, -0.25) is 4.79 Å². The first-order chi connectivity index (χ1) is 10.2. The lowest BCUT2D eigenvalue weighted by atomic mass is 10.2. The van der Waals surface area contributed by atoms with Crippen LogP contribution in [-0.2, 0) is 11.3 Å². The molecule has 0 saturated heterocycles. The molecule has 6 heteroatoms. The van der Waals surface area contributed by atoms with Gasteiger partial charge >= 0.3 is 0 Å². The first-order valence-corrected chi connectivity index (χ1v) is 7.81. The molecule has 1 amide bonds. The number of thiazole rings is 1. The summed E-state index contributed by atoms with van der Waals surface area (Å²) < 4.78 is 0. The Hall–Kier alpha value is -1.92. The Labute approximate surface area is 127 Å². The van der Waals surface area contributed by atoms with Gasteiger partial charge in [0.05, 0.1) is 17.2 Å². The summed E-state index contributed by atoms with van der Waals surface area (Å²) in [6.07, 6.45) is 2.54. The van der Waals surface area contributed by atoms with Gasteiger partial charge in [0, 0.05) is 22.7 Å². The highest BCUT2D eigenvalue weighted by Crippen LogP contribution is 2.41. The molecule has 2 aromatic rings. The van der Waals surface area contributed by atoms with Crippen LogP contribution in [0.5, 0.6) is 0 Å². The Morgan fingerprint density at radius 1 is 1.38 bits per heavy atom. The fourth-order valence-electron chi connectivity index (χ4n) is 2.02. The van der Waals surface area contributed by atoms with Crippen LogP contribution in [0, 0.1) is 0 Å². The summed E-state index contributed by atoms with van der Waals surface area (Å²) in [4.78, 5) is 15.8. The number of aromatic nitrogens is 1. The molecule has 21 heavy (non-hydrogen) atoms. The molecule has 1 saturated carbocycles. The van der Waals surface area contributed by atoms with Crippen molar-refractivity contribution in [2.75, 3.05) is 17.2 Å². The van der Waals surface area contributed by atoms with Gasteiger partial charge in [-0.2, -0.15) is 0 Å². The molecular weight excluding hydrogens is 286 g/mol. The van der Waals surface area contributed by atoms with Gasteiger partial charge in [-0.05, 0) is 31.0 Å². The molecule has 0 radical (unpaired) electrons. The van der Waals surface area contributed by atoms with Crippen molar-refractivity contribution in [2.45, 2.75) is 25.3 Å². The zero-order chi connectivity index (χ0) is 14.7. The van der Waals surface area contributed by atoms with Crippen LogP contribution in [0.3, 0.4) is 0 Å². The molecule has 5 nitrogen and oxygen atoms in total. The third-order valence-electron chi connectivity index (χ3n) is 3.26. The zero-order valence-corrected chi connectivity index (χ0v) is 12.3. The number of aliphatic hydroxyl groups excluding tert-OH is 1. The Morgan fingerprint density at radius 3 is 2.95 bits per heavy atom. The molecule has 0 unspecified atom stereocenters. The third-order valence-corrected chi connectivity index (χ3v) is 4.32. The van der Waals surface area contributed by atoms with Gasteiger partial charge in [0.15, 0.2) is 0 Å². The van der Waals surface area contributed by atoms with E-state index < -0.39 is 12.5 Å². The average molecular weight is 303 g/mol. The lowest BCUT2D eigenvalue weighted by Gasteiger charge is -2.08. The maximum absolute atomic E-state index is 11.2. The highest BCUT2D eigenvalue weighted by molar-refractivity contribution is 7.09. The van der Waals surface area contributed by atoms with Gasteiger partial charge in [-0.15, -0.1) is 11.3 Å². The van der Waals surface area contributed by atoms with Crippen LogP contribution >= 0.6 is 11.3 Å². The van der Waals surface area contributed by atoms with Crippen LogP contribution in [0.25, 0.3) is 0 Å². The maximum Gasteiger partial charge on any atom is 0.250 e. The molecule has 110 valence electrons. The first-order valence-electron chi connectivity index (χ1n) is 6.93. The second-order valence-corrected chi connectivity index (χ2v) is 5.98. The van der Waals surface area contributed by atoms with Crippen molar-refractivity contribution in [1.82, 2.24) is 4.98 Å². The number of nitrogens with zero attached hydrogens (tertiary/aromatic N) is 1. The summed E-state index contributed by atoms with van der Waals surface area (Å²) in [5.41, 5.74) is 2.62. The molecule has 1 aromatic heterocycles. The molecule has 1 aliphatic rings. The van der Waals surface area contributed by atoms with E-state index in [1.54, 1.807) is 17.4 Å². The molecule has 1 aromatic carbocycles. The number of hydrogen-bond donors (Lipinski definition) is 3. The second-order valence-electron chi connectivity index (χ2n) is 5.09. The quantitative estimate of drug-likeness (QED) is 0.767. The van der Waals surface area contributed by atoms with Gasteiger partial charge < -0.3 is 15.7 Å². The van der Waals surface area contributed by atoms with Crippen LogP contribution in [0.1, 0.15) is 29.5 Å². The number of amides is 1. The monoisotopic (exact) mass is 303 g/mol. The second kappa shape index (κ2) is 6.24. The number of hydrogen-bond acceptors (Lipinski definition) is 5. The molecule has 0 atom stereocenters. The summed E-state index contributed by atoms with van der Waals surface area (Å²) >= 11 is 1.73. The Kier molecular flexibility index (Phi) is 4.17. The smallest absolute Gasteiger partial charge is 0.250 e. The van der Waals surface area contributed by atoms with Crippen molar-refractivity contribution in [2.24, 2.45) is 0 Å². The molecule has 3 N–H and O–H groups in total. The Morgan fingerprint density at radius 2 is 2.19 bits per heavy atom. The summed E-state index contributed by atoms with van der Waals surface area (Å²) in [5, 5.41) is 18.0. The molecule has 1 fully saturated rings. The zero-order valence-electron chi connectivity index (χ0n) is 11.5. The van der Waals surface area contributed by atoms with Crippen LogP contribution in [0.15, 0.2) is 29.6 Å². The van der Waals surface area contributed by atoms with Crippen LogP contribution < -0.4 is 10.6 Å². The lowest BCUT2D eigenvalue weighted by Crippen LogP contribution is -2.15. The topological polar surface area (TPSA) is 74.2 Å². The minimum absolute atomic E-state index is 0.416. The Bertz CT molecular complexity index is 637. The molecular formula is C15H17N3O2S. The number of nitrogens with one attached hydrogen (secondary N) is 2. The van der Waals surface area contributed by atoms with E-state index in [9.17, 15) is 4.79 Å². The van der Waals surface area contributed by atoms with E-state index in [0.717, 1.165) is 11.4 Å². The fraction of sp³-hybridized carbons (Fsp3) is 0.333. The Balaban J connectivity index is 1.58. The van der Waals surface area contributed by atoms with Gasteiger partial charge in [0.25, 0.3) is 0 Å². The largest absolute Gasteiger partial charge is 0.387 e. The van der Waals surface area contributed by atoms with E-state index >= 15 is 0 Å². The molecule has 1 aliphatic carbocycles.